The second-order valence-corrected chi connectivity index (χ2v) is 4.88. The van der Waals surface area contributed by atoms with Crippen molar-refractivity contribution >= 4 is 23.3 Å². The highest BCUT2D eigenvalue weighted by molar-refractivity contribution is 6.01. The molecule has 0 heterocycles. The zero-order valence-corrected chi connectivity index (χ0v) is 12.7. The van der Waals surface area contributed by atoms with Crippen LogP contribution in [0.15, 0.2) is 42.5 Å². The first-order valence-corrected chi connectivity index (χ1v) is 6.94. The topological polar surface area (TPSA) is 92.7 Å². The van der Waals surface area contributed by atoms with Crippen LogP contribution < -0.4 is 10.1 Å². The summed E-state index contributed by atoms with van der Waals surface area (Å²) in [5.41, 5.74) is 0.195. The molecule has 0 aliphatic carbocycles. The van der Waals surface area contributed by atoms with E-state index in [0.717, 1.165) is 12.1 Å². The quantitative estimate of drug-likeness (QED) is 0.794. The van der Waals surface area contributed by atoms with Crippen molar-refractivity contribution in [1.82, 2.24) is 0 Å². The Morgan fingerprint density at radius 1 is 1.12 bits per heavy atom. The molecule has 0 aromatic heterocycles. The molecule has 6 nitrogen and oxygen atoms in total. The van der Waals surface area contributed by atoms with Crippen LogP contribution in [-0.2, 0) is 4.79 Å². The fraction of sp³-hybridized carbons (Fsp3) is 0.118. The number of amides is 1. The van der Waals surface area contributed by atoms with Crippen LogP contribution in [0.4, 0.5) is 10.1 Å². The molecule has 2 aromatic carbocycles. The van der Waals surface area contributed by atoms with E-state index in [0.29, 0.717) is 0 Å². The number of carbonyl (C=O) groups is 3. The molecule has 0 aliphatic heterocycles. The van der Waals surface area contributed by atoms with Crippen molar-refractivity contribution in [3.05, 3.63) is 59.4 Å². The molecule has 0 radical (unpaired) electrons. The van der Waals surface area contributed by atoms with Crippen molar-refractivity contribution in [2.45, 2.75) is 6.92 Å². The van der Waals surface area contributed by atoms with Gasteiger partial charge in [-0.05, 0) is 31.2 Å². The summed E-state index contributed by atoms with van der Waals surface area (Å²) in [5.74, 6) is -2.81. The van der Waals surface area contributed by atoms with Gasteiger partial charge >= 0.3 is 5.97 Å². The van der Waals surface area contributed by atoms with Crippen LogP contribution in [0, 0.1) is 5.82 Å². The van der Waals surface area contributed by atoms with Gasteiger partial charge in [-0.3, -0.25) is 9.59 Å². The van der Waals surface area contributed by atoms with Gasteiger partial charge in [-0.25, -0.2) is 9.18 Å². The first-order chi connectivity index (χ1) is 11.4. The highest BCUT2D eigenvalue weighted by Gasteiger charge is 2.14. The summed E-state index contributed by atoms with van der Waals surface area (Å²) >= 11 is 0. The van der Waals surface area contributed by atoms with E-state index in [9.17, 15) is 18.8 Å². The fourth-order valence-electron chi connectivity index (χ4n) is 2.01. The third-order valence-corrected chi connectivity index (χ3v) is 3.11. The van der Waals surface area contributed by atoms with Gasteiger partial charge in [0, 0.05) is 6.07 Å². The molecular formula is C17H14FNO5. The Morgan fingerprint density at radius 3 is 2.50 bits per heavy atom. The Kier molecular flexibility index (Phi) is 5.26. The molecule has 0 spiro atoms. The van der Waals surface area contributed by atoms with E-state index in [-0.39, 0.29) is 28.3 Å². The Bertz CT molecular complexity index is 803. The molecule has 0 fully saturated rings. The van der Waals surface area contributed by atoms with E-state index in [1.54, 1.807) is 6.07 Å². The molecule has 0 saturated heterocycles. The summed E-state index contributed by atoms with van der Waals surface area (Å²) in [7, 11) is 0. The fourth-order valence-corrected chi connectivity index (χ4v) is 2.01. The van der Waals surface area contributed by atoms with Crippen molar-refractivity contribution < 1.29 is 28.6 Å². The van der Waals surface area contributed by atoms with Gasteiger partial charge in [0.05, 0.1) is 16.8 Å². The van der Waals surface area contributed by atoms with E-state index in [1.165, 1.54) is 31.2 Å². The molecule has 0 bridgehead atoms. The summed E-state index contributed by atoms with van der Waals surface area (Å²) in [6.07, 6.45) is 0. The van der Waals surface area contributed by atoms with Crippen LogP contribution in [0.1, 0.15) is 27.6 Å². The van der Waals surface area contributed by atoms with Crippen LogP contribution in [0.25, 0.3) is 0 Å². The van der Waals surface area contributed by atoms with Crippen molar-refractivity contribution in [2.75, 3.05) is 11.9 Å². The average molecular weight is 331 g/mol. The minimum Gasteiger partial charge on any atom is -0.483 e. The van der Waals surface area contributed by atoms with Crippen LogP contribution >= 0.6 is 0 Å². The molecule has 2 rings (SSSR count). The van der Waals surface area contributed by atoms with Crippen LogP contribution in [0.5, 0.6) is 5.75 Å². The first-order valence-electron chi connectivity index (χ1n) is 6.94. The highest BCUT2D eigenvalue weighted by atomic mass is 19.1. The number of aromatic carboxylic acids is 1. The normalized spacial score (nSPS) is 10.1. The van der Waals surface area contributed by atoms with E-state index < -0.39 is 24.3 Å². The minimum atomic E-state index is -1.18. The third-order valence-electron chi connectivity index (χ3n) is 3.11. The van der Waals surface area contributed by atoms with Crippen LogP contribution in [-0.4, -0.2) is 29.4 Å². The van der Waals surface area contributed by atoms with Crippen LogP contribution in [0.2, 0.25) is 0 Å². The van der Waals surface area contributed by atoms with E-state index in [4.69, 9.17) is 9.84 Å². The number of hydrogen-bond acceptors (Lipinski definition) is 4. The lowest BCUT2D eigenvalue weighted by Crippen LogP contribution is -2.22. The summed E-state index contributed by atoms with van der Waals surface area (Å²) in [6, 6.07) is 9.28. The summed E-state index contributed by atoms with van der Waals surface area (Å²) in [6.45, 7) is 0.793. The standard InChI is InChI=1S/C17H14FNO5/c1-10(20)12-7-6-11(18)8-15(12)24-9-16(21)19-14-5-3-2-4-13(14)17(22)23/h2-8H,9H2,1H3,(H,19,21)(H,22,23). The zero-order chi connectivity index (χ0) is 17.7. The largest absolute Gasteiger partial charge is 0.483 e. The van der Waals surface area contributed by atoms with Gasteiger partial charge < -0.3 is 15.2 Å². The molecule has 0 aliphatic rings. The Balaban J connectivity index is 2.09. The molecule has 24 heavy (non-hydrogen) atoms. The van der Waals surface area contributed by atoms with Gasteiger partial charge in [0.25, 0.3) is 5.91 Å². The number of carboxylic acids is 1. The number of hydrogen-bond donors (Lipinski definition) is 2. The van der Waals surface area contributed by atoms with Gasteiger partial charge in [-0.15, -0.1) is 0 Å². The van der Waals surface area contributed by atoms with Gasteiger partial charge in [0.1, 0.15) is 11.6 Å². The molecule has 0 unspecified atom stereocenters. The number of anilines is 1. The number of ether oxygens (including phenoxy) is 1. The van der Waals surface area contributed by atoms with E-state index in [2.05, 4.69) is 5.32 Å². The SMILES string of the molecule is CC(=O)c1ccc(F)cc1OCC(=O)Nc1ccccc1C(=O)O. The molecule has 7 heteroatoms. The average Bonchev–Trinajstić information content (AvgIpc) is 2.53. The minimum absolute atomic E-state index is 0.0517. The summed E-state index contributed by atoms with van der Waals surface area (Å²) in [5, 5.41) is 11.5. The lowest BCUT2D eigenvalue weighted by atomic mass is 10.1. The second-order valence-electron chi connectivity index (χ2n) is 4.88. The lowest BCUT2D eigenvalue weighted by molar-refractivity contribution is -0.118. The predicted octanol–water partition coefficient (Wildman–Crippen LogP) is 2.74. The molecule has 0 saturated carbocycles. The van der Waals surface area contributed by atoms with Crippen molar-refractivity contribution in [3.63, 3.8) is 0 Å². The van der Waals surface area contributed by atoms with Crippen LogP contribution in [0.3, 0.4) is 0 Å². The highest BCUT2D eigenvalue weighted by Crippen LogP contribution is 2.21. The molecule has 124 valence electrons. The number of benzene rings is 2. The molecule has 1 amide bonds. The number of Topliss-reactive ketones (excluding diaryl/α,β-unsaturated/α-hetero) is 1. The Hall–Kier alpha value is -3.22. The number of rotatable bonds is 6. The smallest absolute Gasteiger partial charge is 0.337 e. The number of para-hydroxylation sites is 1. The van der Waals surface area contributed by atoms with Crippen molar-refractivity contribution in [1.29, 1.82) is 0 Å². The van der Waals surface area contributed by atoms with E-state index >= 15 is 0 Å². The lowest BCUT2D eigenvalue weighted by Gasteiger charge is -2.11. The number of ketones is 1. The summed E-state index contributed by atoms with van der Waals surface area (Å²) < 4.78 is 18.5. The molecule has 0 atom stereocenters. The number of carboxylic acid groups (broad SMARTS) is 1. The number of halogens is 1. The zero-order valence-electron chi connectivity index (χ0n) is 12.7. The maximum atomic E-state index is 13.3. The number of carbonyl (C=O) groups excluding carboxylic acids is 2. The monoisotopic (exact) mass is 331 g/mol. The van der Waals surface area contributed by atoms with E-state index in [1.807, 2.05) is 0 Å². The molecule has 2 N–H and O–H groups in total. The second kappa shape index (κ2) is 7.36. The van der Waals surface area contributed by atoms with Crippen molar-refractivity contribution in [2.24, 2.45) is 0 Å². The first kappa shape index (κ1) is 17.1. The van der Waals surface area contributed by atoms with Gasteiger partial charge in [-0.2, -0.15) is 0 Å². The Labute approximate surface area is 136 Å². The van der Waals surface area contributed by atoms with Gasteiger partial charge in [0.2, 0.25) is 0 Å². The Morgan fingerprint density at radius 2 is 1.83 bits per heavy atom. The summed E-state index contributed by atoms with van der Waals surface area (Å²) in [4.78, 5) is 34.5. The van der Waals surface area contributed by atoms with Crippen molar-refractivity contribution in [3.8, 4) is 5.75 Å². The third kappa shape index (κ3) is 4.16. The number of nitrogens with one attached hydrogen (secondary N) is 1. The van der Waals surface area contributed by atoms with Gasteiger partial charge in [0.15, 0.2) is 12.4 Å². The molecule has 2 aromatic rings. The maximum Gasteiger partial charge on any atom is 0.337 e. The van der Waals surface area contributed by atoms with Gasteiger partial charge in [-0.1, -0.05) is 12.1 Å². The predicted molar refractivity (Wildman–Crippen MR) is 83.9 cm³/mol. The maximum absolute atomic E-state index is 13.3. The molecular weight excluding hydrogens is 317 g/mol.